The number of rotatable bonds is 10. The van der Waals surface area contributed by atoms with Gasteiger partial charge in [0.1, 0.15) is 0 Å². The number of aliphatic hydroxyl groups excluding tert-OH is 1. The quantitative estimate of drug-likeness (QED) is 0.549. The molecule has 0 amide bonds. The molecule has 0 unspecified atom stereocenters. The van der Waals surface area contributed by atoms with E-state index in [0.717, 1.165) is 25.9 Å². The van der Waals surface area contributed by atoms with E-state index in [9.17, 15) is 0 Å². The van der Waals surface area contributed by atoms with Crippen LogP contribution in [0, 0.1) is 0 Å². The maximum Gasteiger partial charge on any atom is 0.0431 e. The van der Waals surface area contributed by atoms with Gasteiger partial charge < -0.3 is 10.0 Å². The smallest absolute Gasteiger partial charge is 0.0431 e. The molecule has 0 radical (unpaired) electrons. The standard InChI is InChI=1S/C12H27NO/c1-3-5-6-7-10-13(4-2)11-8-9-12-14/h14H,3-12H2,1-2H3. The van der Waals surface area contributed by atoms with E-state index in [1.54, 1.807) is 0 Å². The number of hydrogen-bond acceptors (Lipinski definition) is 2. The summed E-state index contributed by atoms with van der Waals surface area (Å²) in [5, 5.41) is 8.68. The normalized spacial score (nSPS) is 11.1. The second-order valence-electron chi connectivity index (χ2n) is 3.93. The largest absolute Gasteiger partial charge is 0.396 e. The van der Waals surface area contributed by atoms with E-state index in [2.05, 4.69) is 18.7 Å². The molecule has 0 bridgehead atoms. The third-order valence-electron chi connectivity index (χ3n) is 2.66. The molecule has 0 saturated heterocycles. The van der Waals surface area contributed by atoms with Gasteiger partial charge in [0.25, 0.3) is 0 Å². The highest BCUT2D eigenvalue weighted by Gasteiger charge is 2.00. The summed E-state index contributed by atoms with van der Waals surface area (Å²) in [5.41, 5.74) is 0. The van der Waals surface area contributed by atoms with Crippen molar-refractivity contribution in [2.45, 2.75) is 52.4 Å². The summed E-state index contributed by atoms with van der Waals surface area (Å²) in [7, 11) is 0. The predicted octanol–water partition coefficient (Wildman–Crippen LogP) is 2.66. The third kappa shape index (κ3) is 8.52. The van der Waals surface area contributed by atoms with Crippen LogP contribution < -0.4 is 0 Å². The average Bonchev–Trinajstić information content (AvgIpc) is 2.22. The molecule has 0 spiro atoms. The van der Waals surface area contributed by atoms with Gasteiger partial charge in [-0.3, -0.25) is 0 Å². The Morgan fingerprint density at radius 3 is 2.00 bits per heavy atom. The molecule has 0 aromatic heterocycles. The van der Waals surface area contributed by atoms with Gasteiger partial charge in [-0.25, -0.2) is 0 Å². The van der Waals surface area contributed by atoms with Crippen molar-refractivity contribution < 1.29 is 5.11 Å². The molecule has 0 saturated carbocycles. The molecule has 86 valence electrons. The minimum absolute atomic E-state index is 0.341. The minimum atomic E-state index is 0.341. The van der Waals surface area contributed by atoms with Crippen LogP contribution in [0.25, 0.3) is 0 Å². The fourth-order valence-electron chi connectivity index (χ4n) is 1.64. The lowest BCUT2D eigenvalue weighted by atomic mass is 10.2. The van der Waals surface area contributed by atoms with E-state index < -0.39 is 0 Å². The van der Waals surface area contributed by atoms with Crippen molar-refractivity contribution in [2.75, 3.05) is 26.2 Å². The summed E-state index contributed by atoms with van der Waals surface area (Å²) in [6.07, 6.45) is 7.47. The van der Waals surface area contributed by atoms with E-state index >= 15 is 0 Å². The summed E-state index contributed by atoms with van der Waals surface area (Å²) in [6.45, 7) is 8.35. The Kier molecular flexibility index (Phi) is 10.9. The second-order valence-corrected chi connectivity index (χ2v) is 3.93. The van der Waals surface area contributed by atoms with Crippen molar-refractivity contribution in [3.8, 4) is 0 Å². The van der Waals surface area contributed by atoms with Crippen LogP contribution in [0.2, 0.25) is 0 Å². The molecule has 14 heavy (non-hydrogen) atoms. The highest BCUT2D eigenvalue weighted by molar-refractivity contribution is 4.56. The van der Waals surface area contributed by atoms with Crippen molar-refractivity contribution in [1.82, 2.24) is 4.90 Å². The van der Waals surface area contributed by atoms with Crippen LogP contribution in [0.5, 0.6) is 0 Å². The molecular weight excluding hydrogens is 174 g/mol. The molecule has 2 nitrogen and oxygen atoms in total. The van der Waals surface area contributed by atoms with Gasteiger partial charge >= 0.3 is 0 Å². The first-order chi connectivity index (χ1) is 6.85. The molecule has 0 fully saturated rings. The molecule has 0 aliphatic heterocycles. The van der Waals surface area contributed by atoms with E-state index in [1.165, 1.54) is 32.2 Å². The Labute approximate surface area is 89.3 Å². The van der Waals surface area contributed by atoms with Crippen LogP contribution in [-0.4, -0.2) is 36.2 Å². The van der Waals surface area contributed by atoms with Gasteiger partial charge in [-0.2, -0.15) is 0 Å². The maximum absolute atomic E-state index is 8.68. The molecular formula is C12H27NO. The zero-order valence-corrected chi connectivity index (χ0v) is 9.97. The summed E-state index contributed by atoms with van der Waals surface area (Å²) in [5.74, 6) is 0. The van der Waals surface area contributed by atoms with E-state index in [4.69, 9.17) is 5.11 Å². The van der Waals surface area contributed by atoms with Crippen LogP contribution in [-0.2, 0) is 0 Å². The summed E-state index contributed by atoms with van der Waals surface area (Å²) in [4.78, 5) is 2.49. The predicted molar refractivity (Wildman–Crippen MR) is 62.6 cm³/mol. The van der Waals surface area contributed by atoms with E-state index in [-0.39, 0.29) is 0 Å². The number of aliphatic hydroxyl groups is 1. The van der Waals surface area contributed by atoms with Crippen LogP contribution in [0.4, 0.5) is 0 Å². The van der Waals surface area contributed by atoms with Crippen LogP contribution >= 0.6 is 0 Å². The minimum Gasteiger partial charge on any atom is -0.396 e. The van der Waals surface area contributed by atoms with Gasteiger partial charge in [-0.1, -0.05) is 33.1 Å². The van der Waals surface area contributed by atoms with Gasteiger partial charge in [0.2, 0.25) is 0 Å². The van der Waals surface area contributed by atoms with Crippen LogP contribution in [0.1, 0.15) is 52.4 Å². The number of unbranched alkanes of at least 4 members (excludes halogenated alkanes) is 4. The Hall–Kier alpha value is -0.0800. The summed E-state index contributed by atoms with van der Waals surface area (Å²) < 4.78 is 0. The van der Waals surface area contributed by atoms with E-state index in [0.29, 0.717) is 6.61 Å². The van der Waals surface area contributed by atoms with Crippen molar-refractivity contribution in [2.24, 2.45) is 0 Å². The van der Waals surface area contributed by atoms with Crippen LogP contribution in [0.15, 0.2) is 0 Å². The lowest BCUT2D eigenvalue weighted by Crippen LogP contribution is -2.25. The Bertz CT molecular complexity index is 106. The molecule has 0 atom stereocenters. The first kappa shape index (κ1) is 13.9. The highest BCUT2D eigenvalue weighted by Crippen LogP contribution is 2.02. The Morgan fingerprint density at radius 2 is 1.50 bits per heavy atom. The lowest BCUT2D eigenvalue weighted by Gasteiger charge is -2.19. The molecule has 0 aromatic rings. The zero-order chi connectivity index (χ0) is 10.6. The van der Waals surface area contributed by atoms with Crippen molar-refractivity contribution in [1.29, 1.82) is 0 Å². The van der Waals surface area contributed by atoms with Crippen LogP contribution in [0.3, 0.4) is 0 Å². The molecule has 0 rings (SSSR count). The molecule has 0 aliphatic rings. The Balaban J connectivity index is 3.28. The first-order valence-electron chi connectivity index (χ1n) is 6.18. The Morgan fingerprint density at radius 1 is 0.857 bits per heavy atom. The van der Waals surface area contributed by atoms with Gasteiger partial charge in [0.05, 0.1) is 0 Å². The molecule has 0 aromatic carbocycles. The molecule has 0 heterocycles. The lowest BCUT2D eigenvalue weighted by molar-refractivity contribution is 0.245. The fraction of sp³-hybridized carbons (Fsp3) is 1.00. The SMILES string of the molecule is CCCCCCN(CC)CCCCO. The molecule has 2 heteroatoms. The maximum atomic E-state index is 8.68. The molecule has 0 aliphatic carbocycles. The van der Waals surface area contributed by atoms with Crippen molar-refractivity contribution in [3.63, 3.8) is 0 Å². The third-order valence-corrected chi connectivity index (χ3v) is 2.66. The average molecular weight is 201 g/mol. The first-order valence-corrected chi connectivity index (χ1v) is 6.18. The fourth-order valence-corrected chi connectivity index (χ4v) is 1.64. The van der Waals surface area contributed by atoms with E-state index in [1.807, 2.05) is 0 Å². The van der Waals surface area contributed by atoms with Crippen molar-refractivity contribution in [3.05, 3.63) is 0 Å². The van der Waals surface area contributed by atoms with Gasteiger partial charge in [-0.05, 0) is 38.9 Å². The second kappa shape index (κ2) is 11.0. The zero-order valence-electron chi connectivity index (χ0n) is 9.97. The monoisotopic (exact) mass is 201 g/mol. The number of nitrogens with zero attached hydrogens (tertiary/aromatic N) is 1. The van der Waals surface area contributed by atoms with Gasteiger partial charge in [0.15, 0.2) is 0 Å². The highest BCUT2D eigenvalue weighted by atomic mass is 16.2. The summed E-state index contributed by atoms with van der Waals surface area (Å²) in [6, 6.07) is 0. The van der Waals surface area contributed by atoms with Gasteiger partial charge in [-0.15, -0.1) is 0 Å². The van der Waals surface area contributed by atoms with Crippen molar-refractivity contribution >= 4 is 0 Å². The summed E-state index contributed by atoms with van der Waals surface area (Å²) >= 11 is 0. The van der Waals surface area contributed by atoms with Gasteiger partial charge in [0, 0.05) is 6.61 Å². The number of hydrogen-bond donors (Lipinski definition) is 1. The topological polar surface area (TPSA) is 23.5 Å². The molecule has 1 N–H and O–H groups in total.